The monoisotopic (exact) mass is 692 g/mol. The van der Waals surface area contributed by atoms with Crippen LogP contribution in [0.5, 0.6) is 0 Å². The lowest BCUT2D eigenvalue weighted by molar-refractivity contribution is -0.127. The lowest BCUT2D eigenvalue weighted by Gasteiger charge is -2.35. The van der Waals surface area contributed by atoms with Crippen LogP contribution in [-0.2, 0) is 19.6 Å². The smallest absolute Gasteiger partial charge is 0.410 e. The van der Waals surface area contributed by atoms with Gasteiger partial charge in [-0.3, -0.25) is 4.79 Å². The fourth-order valence-corrected chi connectivity index (χ4v) is 8.09. The highest BCUT2D eigenvalue weighted by molar-refractivity contribution is 7.90. The van der Waals surface area contributed by atoms with Gasteiger partial charge in [0.05, 0.1) is 33.2 Å². The van der Waals surface area contributed by atoms with Gasteiger partial charge in [0.15, 0.2) is 0 Å². The number of aromatic nitrogens is 3. The minimum absolute atomic E-state index is 0.00231. The van der Waals surface area contributed by atoms with Crippen molar-refractivity contribution in [3.05, 3.63) is 72.0 Å². The quantitative estimate of drug-likeness (QED) is 0.225. The highest BCUT2D eigenvalue weighted by atomic mass is 35.5. The summed E-state index contributed by atoms with van der Waals surface area (Å²) in [4.78, 5) is 36.9. The molecule has 2 aromatic carbocycles. The number of carbonyl (C=O) groups is 2. The van der Waals surface area contributed by atoms with Crippen LogP contribution < -0.4 is 10.6 Å². The third kappa shape index (κ3) is 7.44. The van der Waals surface area contributed by atoms with Crippen LogP contribution in [0, 0.1) is 5.92 Å². The molecule has 48 heavy (non-hydrogen) atoms. The first-order chi connectivity index (χ1) is 22.9. The lowest BCUT2D eigenvalue weighted by atomic mass is 9.90. The van der Waals surface area contributed by atoms with E-state index in [2.05, 4.69) is 15.6 Å². The predicted octanol–water partition coefficient (Wildman–Crippen LogP) is 6.48. The standard InChI is InChI=1S/C35H41ClN6O5S/c1-35(2,3)47-34(44)41-18-10-11-23(21-41)32(43)38-24-12-9-13-25(19-24)39-33-37-20-29(36)31(40-33)28-22-42(30-17-8-7-16-27(28)30)48(45,46)26-14-5-4-6-15-26/h4-8,14-17,20,22-25H,9-13,18-19,21H2,1-3H3,(H,38,43)(H,37,39,40)/t23-,24?,25-/m1/s1. The highest BCUT2D eigenvalue weighted by Gasteiger charge is 2.33. The van der Waals surface area contributed by atoms with E-state index in [0.29, 0.717) is 52.6 Å². The molecule has 1 aliphatic heterocycles. The van der Waals surface area contributed by atoms with Gasteiger partial charge in [0.1, 0.15) is 5.60 Å². The summed E-state index contributed by atoms with van der Waals surface area (Å²) in [5, 5.41) is 7.64. The lowest BCUT2D eigenvalue weighted by Crippen LogP contribution is -2.50. The summed E-state index contributed by atoms with van der Waals surface area (Å²) in [6.07, 6.45) is 7.49. The molecule has 0 spiro atoms. The van der Waals surface area contributed by atoms with E-state index < -0.39 is 15.6 Å². The van der Waals surface area contributed by atoms with E-state index in [1.165, 1.54) is 10.2 Å². The second kappa shape index (κ2) is 13.8. The molecule has 4 aromatic rings. The average Bonchev–Trinajstić information content (AvgIpc) is 3.46. The van der Waals surface area contributed by atoms with Crippen molar-refractivity contribution in [2.75, 3.05) is 18.4 Å². The van der Waals surface area contributed by atoms with E-state index in [1.807, 2.05) is 32.9 Å². The summed E-state index contributed by atoms with van der Waals surface area (Å²) in [6, 6.07) is 15.5. The second-order valence-electron chi connectivity index (χ2n) is 13.5. The average molecular weight is 693 g/mol. The Morgan fingerprint density at radius 2 is 1.71 bits per heavy atom. The maximum atomic E-state index is 13.6. The first-order valence-corrected chi connectivity index (χ1v) is 18.2. The first-order valence-electron chi connectivity index (χ1n) is 16.4. The van der Waals surface area contributed by atoms with Crippen molar-refractivity contribution in [1.82, 2.24) is 24.2 Å². The number of piperidine rings is 1. The number of carbonyl (C=O) groups excluding carboxylic acids is 2. The van der Waals surface area contributed by atoms with E-state index in [1.54, 1.807) is 53.6 Å². The van der Waals surface area contributed by atoms with Gasteiger partial charge in [0, 0.05) is 42.3 Å². The van der Waals surface area contributed by atoms with Crippen LogP contribution in [-0.4, -0.2) is 70.0 Å². The number of amides is 2. The van der Waals surface area contributed by atoms with Gasteiger partial charge in [-0.2, -0.15) is 0 Å². The van der Waals surface area contributed by atoms with E-state index in [-0.39, 0.29) is 34.9 Å². The number of benzene rings is 2. The fourth-order valence-electron chi connectivity index (χ4n) is 6.51. The number of hydrogen-bond acceptors (Lipinski definition) is 8. The van der Waals surface area contributed by atoms with Crippen LogP contribution >= 0.6 is 11.6 Å². The molecule has 3 atom stereocenters. The molecule has 254 valence electrons. The summed E-state index contributed by atoms with van der Waals surface area (Å²) in [6.45, 7) is 6.43. The van der Waals surface area contributed by atoms with Gasteiger partial charge < -0.3 is 20.3 Å². The number of ether oxygens (including phenoxy) is 1. The summed E-state index contributed by atoms with van der Waals surface area (Å²) < 4.78 is 34.1. The van der Waals surface area contributed by atoms with E-state index in [4.69, 9.17) is 21.3 Å². The molecule has 2 N–H and O–H groups in total. The zero-order chi connectivity index (χ0) is 34.1. The van der Waals surface area contributed by atoms with Gasteiger partial charge in [-0.25, -0.2) is 27.2 Å². The number of likely N-dealkylation sites (tertiary alicyclic amines) is 1. The number of halogens is 1. The molecule has 1 aliphatic carbocycles. The number of anilines is 1. The van der Waals surface area contributed by atoms with Crippen LogP contribution in [0.25, 0.3) is 22.2 Å². The van der Waals surface area contributed by atoms with Crippen molar-refractivity contribution in [2.24, 2.45) is 5.92 Å². The van der Waals surface area contributed by atoms with Gasteiger partial charge in [-0.05, 0) is 77.5 Å². The van der Waals surface area contributed by atoms with Gasteiger partial charge in [0.2, 0.25) is 11.9 Å². The molecule has 0 bridgehead atoms. The molecule has 3 heterocycles. The zero-order valence-electron chi connectivity index (χ0n) is 27.4. The number of nitrogens with one attached hydrogen (secondary N) is 2. The number of rotatable bonds is 7. The van der Waals surface area contributed by atoms with Crippen molar-refractivity contribution >= 4 is 50.5 Å². The van der Waals surface area contributed by atoms with Crippen molar-refractivity contribution < 1.29 is 22.7 Å². The minimum Gasteiger partial charge on any atom is -0.444 e. The Balaban J connectivity index is 1.16. The topological polar surface area (TPSA) is 136 Å². The van der Waals surface area contributed by atoms with Crippen molar-refractivity contribution in [3.8, 4) is 11.3 Å². The summed E-state index contributed by atoms with van der Waals surface area (Å²) in [5.41, 5.74) is 0.910. The Bertz CT molecular complexity index is 1910. The molecule has 2 aliphatic rings. The van der Waals surface area contributed by atoms with Gasteiger partial charge in [-0.1, -0.05) is 48.0 Å². The van der Waals surface area contributed by atoms with Gasteiger partial charge in [0.25, 0.3) is 10.0 Å². The van der Waals surface area contributed by atoms with E-state index in [0.717, 1.165) is 32.1 Å². The van der Waals surface area contributed by atoms with Crippen LogP contribution in [0.3, 0.4) is 0 Å². The van der Waals surface area contributed by atoms with Crippen LogP contribution in [0.1, 0.15) is 59.3 Å². The largest absolute Gasteiger partial charge is 0.444 e. The SMILES string of the molecule is CC(C)(C)OC(=O)N1CCC[C@@H](C(=O)NC2CCC[C@@H](Nc3ncc(Cl)c(-c4cn(S(=O)(=O)c5ccccc5)c5ccccc45)n3)C2)C1. The third-order valence-corrected chi connectivity index (χ3v) is 10.7. The molecule has 13 heteroatoms. The van der Waals surface area contributed by atoms with Crippen molar-refractivity contribution in [3.63, 3.8) is 0 Å². The summed E-state index contributed by atoms with van der Waals surface area (Å²) in [7, 11) is -3.88. The Morgan fingerprint density at radius 1 is 0.979 bits per heavy atom. The van der Waals surface area contributed by atoms with Gasteiger partial charge >= 0.3 is 6.09 Å². The maximum absolute atomic E-state index is 13.6. The molecule has 11 nitrogen and oxygen atoms in total. The van der Waals surface area contributed by atoms with Gasteiger partial charge in [-0.15, -0.1) is 0 Å². The molecule has 2 aromatic heterocycles. The molecular weight excluding hydrogens is 652 g/mol. The number of hydrogen-bond donors (Lipinski definition) is 2. The molecule has 1 saturated heterocycles. The second-order valence-corrected chi connectivity index (χ2v) is 15.8. The molecule has 6 rings (SSSR count). The van der Waals surface area contributed by atoms with E-state index >= 15 is 0 Å². The van der Waals surface area contributed by atoms with Crippen LogP contribution in [0.15, 0.2) is 71.9 Å². The van der Waals surface area contributed by atoms with E-state index in [9.17, 15) is 18.0 Å². The molecule has 2 amide bonds. The Morgan fingerprint density at radius 3 is 2.48 bits per heavy atom. The van der Waals surface area contributed by atoms with Crippen LogP contribution in [0.4, 0.5) is 10.7 Å². The number of para-hydroxylation sites is 1. The Kier molecular flexibility index (Phi) is 9.67. The number of nitrogens with zero attached hydrogens (tertiary/aromatic N) is 4. The predicted molar refractivity (Wildman–Crippen MR) is 185 cm³/mol. The summed E-state index contributed by atoms with van der Waals surface area (Å²) in [5.74, 6) is 0.0461. The Labute approximate surface area is 286 Å². The Hall–Kier alpha value is -4.16. The fraction of sp³-hybridized carbons (Fsp3) is 0.429. The third-order valence-electron chi connectivity index (χ3n) is 8.77. The van der Waals surface area contributed by atoms with Crippen LogP contribution in [0.2, 0.25) is 5.02 Å². The molecular formula is C35H41ClN6O5S. The molecule has 2 fully saturated rings. The van der Waals surface area contributed by atoms with Crippen molar-refractivity contribution in [1.29, 1.82) is 0 Å². The molecule has 0 radical (unpaired) electrons. The highest BCUT2D eigenvalue weighted by Crippen LogP contribution is 2.36. The summed E-state index contributed by atoms with van der Waals surface area (Å²) >= 11 is 6.64. The zero-order valence-corrected chi connectivity index (χ0v) is 28.9. The number of fused-ring (bicyclic) bond motifs is 1. The molecule has 1 saturated carbocycles. The maximum Gasteiger partial charge on any atom is 0.410 e. The minimum atomic E-state index is -3.88. The van der Waals surface area contributed by atoms with Crippen molar-refractivity contribution in [2.45, 2.75) is 81.9 Å². The first kappa shape index (κ1) is 33.7. The molecule has 1 unspecified atom stereocenters. The normalized spacial score (nSPS) is 20.3.